The van der Waals surface area contributed by atoms with Gasteiger partial charge in [-0.2, -0.15) is 5.10 Å². The zero-order valence-corrected chi connectivity index (χ0v) is 14.9. The lowest BCUT2D eigenvalue weighted by atomic mass is 9.82. The van der Waals surface area contributed by atoms with Gasteiger partial charge in [-0.15, -0.1) is 0 Å². The van der Waals surface area contributed by atoms with E-state index in [9.17, 15) is 0 Å². The molecule has 5 heteroatoms. The Morgan fingerprint density at radius 3 is 2.86 bits per heavy atom. The Labute approximate surface area is 136 Å². The van der Waals surface area contributed by atoms with E-state index >= 15 is 0 Å². The van der Waals surface area contributed by atoms with Crippen molar-refractivity contribution < 1.29 is 4.74 Å². The first-order valence-electron chi connectivity index (χ1n) is 8.21. The highest BCUT2D eigenvalue weighted by Gasteiger charge is 2.29. The van der Waals surface area contributed by atoms with E-state index in [4.69, 9.17) is 4.74 Å². The summed E-state index contributed by atoms with van der Waals surface area (Å²) < 4.78 is 8.45. The van der Waals surface area contributed by atoms with Gasteiger partial charge in [-0.1, -0.05) is 26.2 Å². The van der Waals surface area contributed by atoms with Crippen molar-refractivity contribution in [1.82, 2.24) is 15.1 Å². The van der Waals surface area contributed by atoms with Crippen molar-refractivity contribution in [2.24, 2.45) is 5.92 Å². The molecule has 0 saturated heterocycles. The summed E-state index contributed by atoms with van der Waals surface area (Å²) in [5.41, 5.74) is 1.30. The first kappa shape index (κ1) is 17.0. The number of aromatic nitrogens is 2. The molecule has 0 bridgehead atoms. The molecule has 1 unspecified atom stereocenters. The molecule has 0 amide bonds. The Bertz CT molecular complexity index is 416. The predicted molar refractivity (Wildman–Crippen MR) is 89.4 cm³/mol. The van der Waals surface area contributed by atoms with Crippen LogP contribution in [0.1, 0.15) is 57.2 Å². The van der Waals surface area contributed by atoms with E-state index < -0.39 is 0 Å². The van der Waals surface area contributed by atoms with Crippen LogP contribution >= 0.6 is 15.9 Å². The molecule has 2 rings (SSSR count). The fourth-order valence-corrected chi connectivity index (χ4v) is 3.83. The molecule has 1 heterocycles. The van der Waals surface area contributed by atoms with E-state index in [-0.39, 0.29) is 0 Å². The number of rotatable bonds is 8. The molecule has 1 aliphatic carbocycles. The van der Waals surface area contributed by atoms with E-state index in [1.807, 2.05) is 6.20 Å². The molecule has 120 valence electrons. The second-order valence-electron chi connectivity index (χ2n) is 5.92. The second-order valence-corrected chi connectivity index (χ2v) is 6.78. The van der Waals surface area contributed by atoms with Gasteiger partial charge in [0.15, 0.2) is 0 Å². The predicted octanol–water partition coefficient (Wildman–Crippen LogP) is 3.91. The summed E-state index contributed by atoms with van der Waals surface area (Å²) in [7, 11) is 1.74. The van der Waals surface area contributed by atoms with Crippen LogP contribution in [0.3, 0.4) is 0 Å². The minimum atomic E-state index is 0.402. The van der Waals surface area contributed by atoms with Crippen molar-refractivity contribution >= 4 is 15.9 Å². The molecule has 0 spiro atoms. The molecule has 4 nitrogen and oxygen atoms in total. The summed E-state index contributed by atoms with van der Waals surface area (Å²) in [6, 6.07) is 0.402. The number of nitrogens with one attached hydrogen (secondary N) is 1. The van der Waals surface area contributed by atoms with Crippen molar-refractivity contribution in [1.29, 1.82) is 0 Å². The maximum atomic E-state index is 5.22. The Morgan fingerprint density at radius 2 is 2.19 bits per heavy atom. The van der Waals surface area contributed by atoms with Crippen LogP contribution in [-0.4, -0.2) is 30.0 Å². The smallest absolute Gasteiger partial charge is 0.0699 e. The average molecular weight is 358 g/mol. The molecule has 1 N–H and O–H groups in total. The van der Waals surface area contributed by atoms with E-state index in [1.54, 1.807) is 7.11 Å². The first-order valence-corrected chi connectivity index (χ1v) is 9.00. The number of ether oxygens (including phenoxy) is 1. The van der Waals surface area contributed by atoms with Crippen LogP contribution in [-0.2, 0) is 11.3 Å². The Morgan fingerprint density at radius 1 is 1.43 bits per heavy atom. The molecule has 1 aliphatic rings. The topological polar surface area (TPSA) is 39.1 Å². The van der Waals surface area contributed by atoms with E-state index in [1.165, 1.54) is 37.8 Å². The highest BCUT2D eigenvalue weighted by atomic mass is 79.9. The van der Waals surface area contributed by atoms with Crippen molar-refractivity contribution in [2.75, 3.05) is 20.3 Å². The lowest BCUT2D eigenvalue weighted by Gasteiger charge is -2.32. The second kappa shape index (κ2) is 8.91. The van der Waals surface area contributed by atoms with Crippen molar-refractivity contribution in [3.05, 3.63) is 16.4 Å². The van der Waals surface area contributed by atoms with Crippen LogP contribution in [0.25, 0.3) is 0 Å². The maximum Gasteiger partial charge on any atom is 0.0699 e. The summed E-state index contributed by atoms with van der Waals surface area (Å²) in [5.74, 6) is 0.722. The van der Waals surface area contributed by atoms with E-state index in [0.29, 0.717) is 12.6 Å². The van der Waals surface area contributed by atoms with Crippen LogP contribution in [0.2, 0.25) is 0 Å². The maximum absolute atomic E-state index is 5.22. The van der Waals surface area contributed by atoms with Gasteiger partial charge in [0.1, 0.15) is 0 Å². The fourth-order valence-electron chi connectivity index (χ4n) is 3.29. The average Bonchev–Trinajstić information content (AvgIpc) is 2.88. The standard InChI is InChI=1S/C16H28BrN3O/c1-3-9-18-15(13-7-5-4-6-8-13)16-14(17)12-19-20(16)10-11-21-2/h12-13,15,18H,3-11H2,1-2H3. The molecule has 0 aromatic carbocycles. The molecular formula is C16H28BrN3O. The summed E-state index contributed by atoms with van der Waals surface area (Å²) in [6.07, 6.45) is 9.84. The van der Waals surface area contributed by atoms with Gasteiger partial charge in [0.25, 0.3) is 0 Å². The zero-order chi connectivity index (χ0) is 15.1. The largest absolute Gasteiger partial charge is 0.383 e. The normalized spacial score (nSPS) is 18.0. The molecule has 1 aromatic rings. The van der Waals surface area contributed by atoms with Gasteiger partial charge in [-0.05, 0) is 47.7 Å². The minimum absolute atomic E-state index is 0.402. The summed E-state index contributed by atoms with van der Waals surface area (Å²) in [5, 5.41) is 8.29. The number of methoxy groups -OCH3 is 1. The fraction of sp³-hybridized carbons (Fsp3) is 0.812. The van der Waals surface area contributed by atoms with Crippen LogP contribution in [0.4, 0.5) is 0 Å². The summed E-state index contributed by atoms with van der Waals surface area (Å²) in [6.45, 7) is 4.80. The van der Waals surface area contributed by atoms with E-state index in [0.717, 1.165) is 29.9 Å². The molecule has 0 aliphatic heterocycles. The number of halogens is 1. The molecule has 0 radical (unpaired) electrons. The third kappa shape index (κ3) is 4.54. The molecular weight excluding hydrogens is 330 g/mol. The molecule has 1 fully saturated rings. The van der Waals surface area contributed by atoms with Crippen molar-refractivity contribution in [3.8, 4) is 0 Å². The van der Waals surface area contributed by atoms with Gasteiger partial charge in [0, 0.05) is 7.11 Å². The quantitative estimate of drug-likeness (QED) is 0.766. The molecule has 1 aromatic heterocycles. The highest BCUT2D eigenvalue weighted by Crippen LogP contribution is 2.37. The Kier molecular flexibility index (Phi) is 7.20. The third-order valence-electron chi connectivity index (χ3n) is 4.37. The van der Waals surface area contributed by atoms with Crippen LogP contribution in [0.5, 0.6) is 0 Å². The Balaban J connectivity index is 2.19. The van der Waals surface area contributed by atoms with Gasteiger partial charge in [-0.3, -0.25) is 4.68 Å². The molecule has 21 heavy (non-hydrogen) atoms. The lowest BCUT2D eigenvalue weighted by molar-refractivity contribution is 0.179. The number of hydrogen-bond donors (Lipinski definition) is 1. The summed E-state index contributed by atoms with van der Waals surface area (Å²) >= 11 is 3.70. The first-order chi connectivity index (χ1) is 10.3. The number of nitrogens with zero attached hydrogens (tertiary/aromatic N) is 2. The van der Waals surface area contributed by atoms with E-state index in [2.05, 4.69) is 38.0 Å². The highest BCUT2D eigenvalue weighted by molar-refractivity contribution is 9.10. The van der Waals surface area contributed by atoms with Gasteiger partial charge in [0.2, 0.25) is 0 Å². The van der Waals surface area contributed by atoms with Gasteiger partial charge < -0.3 is 10.1 Å². The van der Waals surface area contributed by atoms with Crippen LogP contribution in [0.15, 0.2) is 10.7 Å². The minimum Gasteiger partial charge on any atom is -0.383 e. The van der Waals surface area contributed by atoms with Gasteiger partial charge in [-0.25, -0.2) is 0 Å². The zero-order valence-electron chi connectivity index (χ0n) is 13.3. The summed E-state index contributed by atoms with van der Waals surface area (Å²) in [4.78, 5) is 0. The van der Waals surface area contributed by atoms with Crippen LogP contribution in [0, 0.1) is 5.92 Å². The Hall–Kier alpha value is -0.390. The number of hydrogen-bond acceptors (Lipinski definition) is 3. The van der Waals surface area contributed by atoms with Gasteiger partial charge in [0.05, 0.1) is 35.6 Å². The lowest BCUT2D eigenvalue weighted by Crippen LogP contribution is -2.32. The van der Waals surface area contributed by atoms with Gasteiger partial charge >= 0.3 is 0 Å². The third-order valence-corrected chi connectivity index (χ3v) is 4.98. The van der Waals surface area contributed by atoms with Crippen molar-refractivity contribution in [2.45, 2.75) is 58.0 Å². The molecule has 1 atom stereocenters. The molecule has 1 saturated carbocycles. The van der Waals surface area contributed by atoms with Crippen molar-refractivity contribution in [3.63, 3.8) is 0 Å². The SMILES string of the molecule is CCCNC(c1c(Br)cnn1CCOC)C1CCCCC1. The monoisotopic (exact) mass is 357 g/mol. The van der Waals surface area contributed by atoms with Crippen LogP contribution < -0.4 is 5.32 Å².